The second-order valence-corrected chi connectivity index (χ2v) is 9.51. The van der Waals surface area contributed by atoms with Crippen LogP contribution in [0.15, 0.2) is 42.5 Å². The number of hydrogen-bond acceptors (Lipinski definition) is 6. The van der Waals surface area contributed by atoms with Gasteiger partial charge in [0.1, 0.15) is 11.5 Å². The summed E-state index contributed by atoms with van der Waals surface area (Å²) in [6.45, 7) is 4.88. The van der Waals surface area contributed by atoms with Gasteiger partial charge < -0.3 is 19.5 Å². The molecule has 0 aromatic heterocycles. The zero-order valence-electron chi connectivity index (χ0n) is 18.2. The number of thiocarbonyl (C=S) groups is 1. The van der Waals surface area contributed by atoms with Crippen molar-refractivity contribution in [2.75, 3.05) is 5.32 Å². The van der Waals surface area contributed by atoms with Crippen molar-refractivity contribution < 1.29 is 23.8 Å². The quantitative estimate of drug-likeness (QED) is 0.236. The van der Waals surface area contributed by atoms with Gasteiger partial charge in [0.2, 0.25) is 0 Å². The van der Waals surface area contributed by atoms with Crippen molar-refractivity contribution in [3.63, 3.8) is 0 Å². The van der Waals surface area contributed by atoms with Gasteiger partial charge in [-0.3, -0.25) is 4.79 Å². The lowest BCUT2D eigenvalue weighted by Gasteiger charge is -2.37. The van der Waals surface area contributed by atoms with Crippen LogP contribution < -0.4 is 14.8 Å². The van der Waals surface area contributed by atoms with E-state index in [0.717, 1.165) is 5.56 Å². The summed E-state index contributed by atoms with van der Waals surface area (Å²) in [6.07, 6.45) is 0. The Morgan fingerprint density at radius 3 is 2.35 bits per heavy atom. The molecule has 0 aliphatic carbocycles. The Bertz CT molecular complexity index is 1440. The van der Waals surface area contributed by atoms with Crippen LogP contribution in [0.25, 0.3) is 0 Å². The highest BCUT2D eigenvalue weighted by Crippen LogP contribution is 2.58. The largest absolute Gasteiger partial charge is 0.456 e. The van der Waals surface area contributed by atoms with Gasteiger partial charge in [-0.25, -0.2) is 4.79 Å². The predicted molar refractivity (Wildman–Crippen MR) is 133 cm³/mol. The normalized spacial score (nSPS) is 17.3. The van der Waals surface area contributed by atoms with Crippen molar-refractivity contribution in [2.45, 2.75) is 26.4 Å². The van der Waals surface area contributed by atoms with E-state index in [4.69, 9.17) is 49.6 Å². The second-order valence-electron chi connectivity index (χ2n) is 8.08. The number of carbonyl (C=O) groups excluding carboxylic acids is 2. The summed E-state index contributed by atoms with van der Waals surface area (Å²) in [7, 11) is 0. The van der Waals surface area contributed by atoms with Crippen LogP contribution >= 0.6 is 35.4 Å². The first-order valence-corrected chi connectivity index (χ1v) is 11.4. The third-order valence-electron chi connectivity index (χ3n) is 5.71. The van der Waals surface area contributed by atoms with Crippen molar-refractivity contribution in [3.05, 3.63) is 80.3 Å². The molecule has 34 heavy (non-hydrogen) atoms. The molecule has 6 nitrogen and oxygen atoms in total. The number of ether oxygens (including phenoxy) is 3. The van der Waals surface area contributed by atoms with Crippen LogP contribution in [0, 0.1) is 6.92 Å². The Labute approximate surface area is 210 Å². The maximum absolute atomic E-state index is 13.2. The van der Waals surface area contributed by atoms with E-state index in [1.807, 2.05) is 13.0 Å². The van der Waals surface area contributed by atoms with Crippen molar-refractivity contribution in [2.24, 2.45) is 0 Å². The minimum absolute atomic E-state index is 0.137. The summed E-state index contributed by atoms with van der Waals surface area (Å²) in [4.78, 5) is 25.3. The van der Waals surface area contributed by atoms with Gasteiger partial charge in [-0.2, -0.15) is 0 Å². The van der Waals surface area contributed by atoms with Gasteiger partial charge >= 0.3 is 11.9 Å². The number of carbonyl (C=O) groups is 2. The molecular formula is C25H17Cl2NO5S. The summed E-state index contributed by atoms with van der Waals surface area (Å²) < 4.78 is 17.5. The highest BCUT2D eigenvalue weighted by Gasteiger charge is 2.54. The van der Waals surface area contributed by atoms with Crippen LogP contribution in [-0.2, 0) is 15.1 Å². The zero-order chi connectivity index (χ0) is 24.4. The molecule has 1 atom stereocenters. The highest BCUT2D eigenvalue weighted by molar-refractivity contribution is 7.80. The van der Waals surface area contributed by atoms with Crippen molar-refractivity contribution >= 4 is 58.0 Å². The Kier molecular flexibility index (Phi) is 5.31. The summed E-state index contributed by atoms with van der Waals surface area (Å²) in [5.41, 5.74) is 2.11. The lowest BCUT2D eigenvalue weighted by Crippen LogP contribution is -2.33. The fourth-order valence-electron chi connectivity index (χ4n) is 4.36. The molecule has 0 bridgehead atoms. The Morgan fingerprint density at radius 2 is 1.68 bits per heavy atom. The van der Waals surface area contributed by atoms with Crippen molar-refractivity contribution in [1.82, 2.24) is 0 Å². The minimum atomic E-state index is -1.36. The van der Waals surface area contributed by atoms with Gasteiger partial charge in [0.05, 0.1) is 15.6 Å². The van der Waals surface area contributed by atoms with E-state index in [1.165, 1.54) is 13.0 Å². The number of fused-ring (bicyclic) bond motifs is 6. The first-order chi connectivity index (χ1) is 16.1. The van der Waals surface area contributed by atoms with E-state index < -0.39 is 17.5 Å². The monoisotopic (exact) mass is 513 g/mol. The molecule has 0 saturated heterocycles. The Hall–Kier alpha value is -3.13. The van der Waals surface area contributed by atoms with Crippen molar-refractivity contribution in [1.29, 1.82) is 0 Å². The SMILES string of the molecule is CC(=O)Oc1cc2c(cc1Cl)C1(OC(=O)c3cc(NC(C)=S)ccc31)c1cc(Cl)c(C)cc1O2. The van der Waals surface area contributed by atoms with Crippen molar-refractivity contribution in [3.8, 4) is 17.2 Å². The molecule has 3 aromatic carbocycles. The molecule has 2 heterocycles. The lowest BCUT2D eigenvalue weighted by atomic mass is 9.77. The predicted octanol–water partition coefficient (Wildman–Crippen LogP) is 6.55. The first-order valence-electron chi connectivity index (χ1n) is 10.3. The second kappa shape index (κ2) is 7.98. The topological polar surface area (TPSA) is 73.9 Å². The zero-order valence-corrected chi connectivity index (χ0v) is 20.6. The molecule has 5 rings (SSSR count). The van der Waals surface area contributed by atoms with Gasteiger partial charge in [0.15, 0.2) is 11.4 Å². The van der Waals surface area contributed by atoms with Gasteiger partial charge in [0.25, 0.3) is 0 Å². The van der Waals surface area contributed by atoms with Crippen LogP contribution in [0.2, 0.25) is 10.0 Å². The summed E-state index contributed by atoms with van der Waals surface area (Å²) in [6, 6.07) is 11.9. The van der Waals surface area contributed by atoms with E-state index in [-0.39, 0.29) is 10.8 Å². The molecule has 0 radical (unpaired) electrons. The minimum Gasteiger partial charge on any atom is -0.456 e. The highest BCUT2D eigenvalue weighted by atomic mass is 35.5. The van der Waals surface area contributed by atoms with E-state index in [2.05, 4.69) is 5.32 Å². The van der Waals surface area contributed by atoms with Crippen LogP contribution in [0.3, 0.4) is 0 Å². The summed E-state index contributed by atoms with van der Waals surface area (Å²) >= 11 is 18.1. The number of esters is 2. The number of nitrogens with one attached hydrogen (secondary N) is 1. The van der Waals surface area contributed by atoms with Crippen LogP contribution in [0.5, 0.6) is 17.2 Å². The molecule has 9 heteroatoms. The average Bonchev–Trinajstić information content (AvgIpc) is 3.03. The summed E-state index contributed by atoms with van der Waals surface area (Å²) in [5.74, 6) is -0.105. The Balaban J connectivity index is 1.81. The van der Waals surface area contributed by atoms with Gasteiger partial charge in [-0.1, -0.05) is 41.5 Å². The third kappa shape index (κ3) is 3.43. The molecule has 1 spiro atoms. The lowest BCUT2D eigenvalue weighted by molar-refractivity contribution is -0.131. The molecule has 1 unspecified atom stereocenters. The van der Waals surface area contributed by atoms with Crippen LogP contribution in [-0.4, -0.2) is 16.9 Å². The van der Waals surface area contributed by atoms with E-state index in [1.54, 1.807) is 37.3 Å². The molecule has 172 valence electrons. The van der Waals surface area contributed by atoms with Gasteiger partial charge in [-0.05, 0) is 49.7 Å². The van der Waals surface area contributed by atoms with E-state index in [0.29, 0.717) is 49.5 Å². The number of halogens is 2. The first kappa shape index (κ1) is 22.7. The third-order valence-corrected chi connectivity index (χ3v) is 6.52. The fourth-order valence-corrected chi connectivity index (χ4v) is 4.84. The van der Waals surface area contributed by atoms with E-state index >= 15 is 0 Å². The number of rotatable bonds is 2. The summed E-state index contributed by atoms with van der Waals surface area (Å²) in [5, 5.41) is 3.70. The maximum atomic E-state index is 13.2. The smallest absolute Gasteiger partial charge is 0.340 e. The average molecular weight is 514 g/mol. The molecule has 2 aliphatic rings. The molecule has 1 N–H and O–H groups in total. The van der Waals surface area contributed by atoms with Gasteiger partial charge in [-0.15, -0.1) is 0 Å². The fraction of sp³-hybridized carbons (Fsp3) is 0.160. The molecule has 3 aromatic rings. The van der Waals surface area contributed by atoms with E-state index in [9.17, 15) is 9.59 Å². The van der Waals surface area contributed by atoms with Crippen LogP contribution in [0.4, 0.5) is 5.69 Å². The molecular weight excluding hydrogens is 497 g/mol. The number of anilines is 1. The number of benzene rings is 3. The number of hydrogen-bond donors (Lipinski definition) is 1. The molecule has 2 aliphatic heterocycles. The Morgan fingerprint density at radius 1 is 1.00 bits per heavy atom. The maximum Gasteiger partial charge on any atom is 0.340 e. The number of aryl methyl sites for hydroxylation is 1. The van der Waals surface area contributed by atoms with Crippen LogP contribution in [0.1, 0.15) is 46.5 Å². The molecule has 0 saturated carbocycles. The molecule has 0 fully saturated rings. The standard InChI is InChI=1S/C25H17Cl2NO5S/c1-11-6-21-17(8-19(11)26)25(18-9-20(27)23(31-13(3)29)10-22(18)32-21)16-5-4-14(28-12(2)34)7-15(16)24(30)33-25/h4-10H,1-3H3,(H,28,34). The molecule has 0 amide bonds. The van der Waals surface area contributed by atoms with Gasteiger partial charge in [0, 0.05) is 40.4 Å².